The largest absolute Gasteiger partial charge is 0.469 e. The standard InChI is InChI=1S/C42H86O8Si3.5CH4/c1-14-15-16-17-18-19-20-21-22-23-24-25-26-27-28-29-33-48-39(44)41(3,4)36-42(5,40(45)46-6)35-37(2)38(43)47-32-30-31-34-52(10,11)50-53(12,13)49-51(7,8)9;;;;;/h37H,14-36H2,1-13H3;5*1H4. The molecule has 2 atom stereocenters. The van der Waals surface area contributed by atoms with E-state index in [1.165, 1.54) is 90.6 Å². The number of hydrogen-bond acceptors (Lipinski definition) is 8. The molecule has 11 heteroatoms. The van der Waals surface area contributed by atoms with Gasteiger partial charge in [-0.2, -0.15) is 0 Å². The molecule has 0 heterocycles. The number of hydrogen-bond donors (Lipinski definition) is 0. The van der Waals surface area contributed by atoms with Crippen LogP contribution >= 0.6 is 0 Å². The van der Waals surface area contributed by atoms with E-state index in [4.69, 9.17) is 22.4 Å². The van der Waals surface area contributed by atoms with Crippen LogP contribution < -0.4 is 0 Å². The number of carbonyl (C=O) groups excluding carboxylic acids is 3. The summed E-state index contributed by atoms with van der Waals surface area (Å²) in [5, 5.41) is 0. The zero-order valence-corrected chi connectivity index (χ0v) is 40.1. The molecule has 0 rings (SSSR count). The molecule has 0 aliphatic rings. The first kappa shape index (κ1) is 68.7. The number of methoxy groups -OCH3 is 1. The summed E-state index contributed by atoms with van der Waals surface area (Å²) in [6.45, 7) is 25.5. The van der Waals surface area contributed by atoms with Gasteiger partial charge in [-0.25, -0.2) is 0 Å². The summed E-state index contributed by atoms with van der Waals surface area (Å²) in [5.41, 5.74) is -1.97. The Labute approximate surface area is 367 Å². The highest BCUT2D eigenvalue weighted by Crippen LogP contribution is 2.41. The second-order valence-corrected chi connectivity index (χ2v) is 31.4. The fourth-order valence-electron chi connectivity index (χ4n) is 7.73. The van der Waals surface area contributed by atoms with Gasteiger partial charge < -0.3 is 22.4 Å². The first-order valence-corrected chi connectivity index (χ1v) is 30.8. The molecule has 58 heavy (non-hydrogen) atoms. The summed E-state index contributed by atoms with van der Waals surface area (Å²) < 4.78 is 29.5. The topological polar surface area (TPSA) is 97.4 Å². The lowest BCUT2D eigenvalue weighted by atomic mass is 9.70. The van der Waals surface area contributed by atoms with Gasteiger partial charge in [-0.05, 0) is 98.3 Å². The van der Waals surface area contributed by atoms with E-state index in [9.17, 15) is 14.4 Å². The molecule has 0 N–H and O–H groups in total. The predicted octanol–water partition coefficient (Wildman–Crippen LogP) is 15.7. The molecule has 0 bridgehead atoms. The quantitative estimate of drug-likeness (QED) is 0.0278. The Bertz CT molecular complexity index is 1010. The van der Waals surface area contributed by atoms with Crippen molar-refractivity contribution >= 4 is 43.1 Å². The monoisotopic (exact) mass is 883 g/mol. The van der Waals surface area contributed by atoms with Crippen molar-refractivity contribution < 1.29 is 36.8 Å². The Kier molecular flexibility index (Phi) is 42.1. The molecule has 0 saturated heterocycles. The number of rotatable bonds is 33. The molecule has 0 saturated carbocycles. The third-order valence-corrected chi connectivity index (χ3v) is 20.1. The van der Waals surface area contributed by atoms with Crippen LogP contribution in [0, 0.1) is 16.7 Å². The molecule has 0 aromatic rings. The normalized spacial score (nSPS) is 13.2. The molecule has 2 unspecified atom stereocenters. The molecule has 0 aromatic carbocycles. The molecule has 354 valence electrons. The van der Waals surface area contributed by atoms with Crippen LogP contribution in [0.25, 0.3) is 0 Å². The minimum absolute atomic E-state index is 0. The van der Waals surface area contributed by atoms with Gasteiger partial charge in [0, 0.05) is 0 Å². The van der Waals surface area contributed by atoms with E-state index in [1.54, 1.807) is 13.8 Å². The lowest BCUT2D eigenvalue weighted by molar-refractivity contribution is -0.163. The Balaban J connectivity index is -0.00000135. The fraction of sp³-hybridized carbons (Fsp3) is 0.936. The van der Waals surface area contributed by atoms with Crippen LogP contribution in [0.2, 0.25) is 51.9 Å². The molecule has 0 radical (unpaired) electrons. The average Bonchev–Trinajstić information content (AvgIpc) is 3.03. The maximum absolute atomic E-state index is 13.2. The highest BCUT2D eigenvalue weighted by Gasteiger charge is 2.45. The maximum atomic E-state index is 13.2. The first-order chi connectivity index (χ1) is 24.6. The average molecular weight is 884 g/mol. The maximum Gasteiger partial charge on any atom is 0.311 e. The predicted molar refractivity (Wildman–Crippen MR) is 262 cm³/mol. The summed E-state index contributed by atoms with van der Waals surface area (Å²) in [5.74, 6) is -1.63. The summed E-state index contributed by atoms with van der Waals surface area (Å²) in [6, 6.07) is 0.969. The van der Waals surface area contributed by atoms with Crippen molar-refractivity contribution in [2.24, 2.45) is 16.7 Å². The third-order valence-electron chi connectivity index (χ3n) is 9.94. The summed E-state index contributed by atoms with van der Waals surface area (Å²) >= 11 is 0. The van der Waals surface area contributed by atoms with Crippen molar-refractivity contribution in [3.05, 3.63) is 0 Å². The zero-order chi connectivity index (χ0) is 40.6. The number of unbranched alkanes of at least 4 members (excludes halogenated alkanes) is 16. The van der Waals surface area contributed by atoms with Crippen LogP contribution in [-0.2, 0) is 36.8 Å². The van der Waals surface area contributed by atoms with Crippen LogP contribution in [0.3, 0.4) is 0 Å². The van der Waals surface area contributed by atoms with E-state index in [0.29, 0.717) is 13.2 Å². The highest BCUT2D eigenvalue weighted by atomic mass is 28.5. The molecule has 0 fully saturated rings. The molecule has 0 amide bonds. The second kappa shape index (κ2) is 35.6. The van der Waals surface area contributed by atoms with Gasteiger partial charge in [0.1, 0.15) is 0 Å². The second-order valence-electron chi connectivity index (χ2n) is 18.8. The first-order valence-electron chi connectivity index (χ1n) is 21.4. The van der Waals surface area contributed by atoms with Crippen molar-refractivity contribution in [1.29, 1.82) is 0 Å². The van der Waals surface area contributed by atoms with Crippen LogP contribution in [0.15, 0.2) is 0 Å². The zero-order valence-electron chi connectivity index (χ0n) is 37.1. The van der Waals surface area contributed by atoms with Gasteiger partial charge in [0.05, 0.1) is 37.1 Å². The minimum atomic E-state index is -2.19. The van der Waals surface area contributed by atoms with Crippen molar-refractivity contribution in [2.75, 3.05) is 20.3 Å². The van der Waals surface area contributed by atoms with Gasteiger partial charge in [-0.3, -0.25) is 14.4 Å². The van der Waals surface area contributed by atoms with Crippen LogP contribution in [0.4, 0.5) is 0 Å². The molecule has 0 spiro atoms. The number of esters is 3. The van der Waals surface area contributed by atoms with E-state index in [-0.39, 0.29) is 61.9 Å². The number of ether oxygens (including phenoxy) is 3. The Morgan fingerprint density at radius 1 is 0.552 bits per heavy atom. The summed E-state index contributed by atoms with van der Waals surface area (Å²) in [7, 11) is -4.43. The van der Waals surface area contributed by atoms with Gasteiger partial charge in [0.2, 0.25) is 0 Å². The lowest BCUT2D eigenvalue weighted by Crippen LogP contribution is -2.51. The molecule has 0 aliphatic carbocycles. The van der Waals surface area contributed by atoms with Gasteiger partial charge in [0.15, 0.2) is 16.6 Å². The molecule has 0 aromatic heterocycles. The van der Waals surface area contributed by atoms with E-state index in [1.807, 2.05) is 13.8 Å². The molecule has 8 nitrogen and oxygen atoms in total. The van der Waals surface area contributed by atoms with Crippen molar-refractivity contribution in [3.8, 4) is 0 Å². The Morgan fingerprint density at radius 3 is 1.36 bits per heavy atom. The van der Waals surface area contributed by atoms with Gasteiger partial charge in [-0.1, -0.05) is 154 Å². The van der Waals surface area contributed by atoms with Gasteiger partial charge >= 0.3 is 26.5 Å². The summed E-state index contributed by atoms with van der Waals surface area (Å²) in [4.78, 5) is 39.2. The van der Waals surface area contributed by atoms with Crippen LogP contribution in [-0.4, -0.2) is 63.4 Å². The third kappa shape index (κ3) is 34.7. The van der Waals surface area contributed by atoms with Gasteiger partial charge in [0.25, 0.3) is 0 Å². The van der Waals surface area contributed by atoms with Crippen LogP contribution in [0.5, 0.6) is 0 Å². The van der Waals surface area contributed by atoms with Crippen molar-refractivity contribution in [1.82, 2.24) is 0 Å². The van der Waals surface area contributed by atoms with Crippen molar-refractivity contribution in [2.45, 2.75) is 252 Å². The highest BCUT2D eigenvalue weighted by molar-refractivity contribution is 6.87. The van der Waals surface area contributed by atoms with E-state index in [2.05, 4.69) is 52.8 Å². The van der Waals surface area contributed by atoms with Gasteiger partial charge in [-0.15, -0.1) is 0 Å². The Hall–Kier alpha value is -1.02. The smallest absolute Gasteiger partial charge is 0.311 e. The molecular formula is C47H106O8Si3. The van der Waals surface area contributed by atoms with E-state index in [0.717, 1.165) is 38.1 Å². The van der Waals surface area contributed by atoms with Crippen molar-refractivity contribution in [3.63, 3.8) is 0 Å². The fourth-order valence-corrected chi connectivity index (χ4v) is 21.0. The molecular weight excluding hydrogens is 777 g/mol. The minimum Gasteiger partial charge on any atom is -0.469 e. The van der Waals surface area contributed by atoms with E-state index < -0.39 is 47.9 Å². The number of carbonyl (C=O) groups is 3. The lowest BCUT2D eigenvalue weighted by Gasteiger charge is -2.37. The Morgan fingerprint density at radius 2 is 0.948 bits per heavy atom. The molecule has 0 aliphatic heterocycles. The summed E-state index contributed by atoms with van der Waals surface area (Å²) in [6.07, 6.45) is 22.8. The van der Waals surface area contributed by atoms with E-state index >= 15 is 0 Å². The van der Waals surface area contributed by atoms with Crippen LogP contribution in [0.1, 0.15) is 200 Å². The SMILES string of the molecule is C.C.C.C.C.CCCCCCCCCCCCCCCCCCOC(=O)C(C)(C)CC(C)(CC(C)C(=O)OCCCC[Si](C)(C)O[Si](C)(C)O[Si](C)(C)C)C(=O)OC.